The van der Waals surface area contributed by atoms with Crippen molar-refractivity contribution in [1.82, 2.24) is 5.32 Å². The first-order chi connectivity index (χ1) is 15.2. The third kappa shape index (κ3) is 6.31. The number of rotatable bonds is 9. The summed E-state index contributed by atoms with van der Waals surface area (Å²) in [5.74, 6) is -0.477. The van der Waals surface area contributed by atoms with E-state index in [1.165, 1.54) is 24.3 Å². The lowest BCUT2D eigenvalue weighted by molar-refractivity contribution is 0.0950. The maximum absolute atomic E-state index is 13.0. The van der Waals surface area contributed by atoms with Gasteiger partial charge >= 0.3 is 0 Å². The average molecular weight is 456 g/mol. The first kappa shape index (κ1) is 23.3. The zero-order valence-corrected chi connectivity index (χ0v) is 18.7. The SMILES string of the molecule is CC(C)C(CNC(=O)c1ccc(NS(=O)(=O)c2ccc(F)cc2)cc1)Nc1ccccc1. The van der Waals surface area contributed by atoms with E-state index in [9.17, 15) is 17.6 Å². The molecule has 0 aliphatic carbocycles. The molecule has 0 aliphatic heterocycles. The molecule has 32 heavy (non-hydrogen) atoms. The molecule has 3 aromatic rings. The van der Waals surface area contributed by atoms with Crippen molar-refractivity contribution >= 4 is 27.3 Å². The molecule has 1 unspecified atom stereocenters. The van der Waals surface area contributed by atoms with Gasteiger partial charge in [-0.05, 0) is 66.6 Å². The number of hydrogen-bond donors (Lipinski definition) is 3. The van der Waals surface area contributed by atoms with Crippen LogP contribution in [0.15, 0.2) is 83.8 Å². The minimum atomic E-state index is -3.85. The highest BCUT2D eigenvalue weighted by atomic mass is 32.2. The predicted molar refractivity (Wildman–Crippen MR) is 125 cm³/mol. The number of halogens is 1. The summed E-state index contributed by atoms with van der Waals surface area (Å²) in [5.41, 5.74) is 1.70. The van der Waals surface area contributed by atoms with Gasteiger partial charge < -0.3 is 10.6 Å². The van der Waals surface area contributed by atoms with Crippen LogP contribution < -0.4 is 15.4 Å². The van der Waals surface area contributed by atoms with Crippen molar-refractivity contribution in [1.29, 1.82) is 0 Å². The Bertz CT molecular complexity index is 1130. The van der Waals surface area contributed by atoms with Crippen LogP contribution in [0.1, 0.15) is 24.2 Å². The van der Waals surface area contributed by atoms with Crippen LogP contribution in [-0.2, 0) is 10.0 Å². The van der Waals surface area contributed by atoms with Gasteiger partial charge in [0.05, 0.1) is 4.90 Å². The Hall–Kier alpha value is -3.39. The van der Waals surface area contributed by atoms with Crippen LogP contribution in [0, 0.1) is 11.7 Å². The molecular weight excluding hydrogens is 429 g/mol. The molecule has 0 aliphatic rings. The molecule has 0 saturated heterocycles. The molecule has 6 nitrogen and oxygen atoms in total. The van der Waals surface area contributed by atoms with E-state index >= 15 is 0 Å². The topological polar surface area (TPSA) is 87.3 Å². The fourth-order valence-corrected chi connectivity index (χ4v) is 4.08. The molecule has 0 bridgehead atoms. The standard InChI is InChI=1S/C24H26FN3O3S/c1-17(2)23(27-20-6-4-3-5-7-20)16-26-24(29)18-8-12-21(13-9-18)28-32(30,31)22-14-10-19(25)11-15-22/h3-15,17,23,27-28H,16H2,1-2H3,(H,26,29). The summed E-state index contributed by atoms with van der Waals surface area (Å²) in [4.78, 5) is 12.5. The number of carbonyl (C=O) groups excluding carboxylic acids is 1. The number of carbonyl (C=O) groups is 1. The van der Waals surface area contributed by atoms with Crippen LogP contribution >= 0.6 is 0 Å². The van der Waals surface area contributed by atoms with Crippen molar-refractivity contribution in [2.24, 2.45) is 5.92 Å². The number of benzene rings is 3. The van der Waals surface area contributed by atoms with Gasteiger partial charge in [-0.15, -0.1) is 0 Å². The lowest BCUT2D eigenvalue weighted by Gasteiger charge is -2.24. The predicted octanol–water partition coefficient (Wildman–Crippen LogP) is 4.49. The fraction of sp³-hybridized carbons (Fsp3) is 0.208. The van der Waals surface area contributed by atoms with E-state index in [-0.39, 0.29) is 16.8 Å². The lowest BCUT2D eigenvalue weighted by Crippen LogP contribution is -2.39. The number of hydrogen-bond acceptors (Lipinski definition) is 4. The minimum absolute atomic E-state index is 0.0446. The Morgan fingerprint density at radius 3 is 2.09 bits per heavy atom. The molecule has 168 valence electrons. The first-order valence-corrected chi connectivity index (χ1v) is 11.7. The zero-order chi connectivity index (χ0) is 23.1. The molecule has 3 N–H and O–H groups in total. The number of amides is 1. The summed E-state index contributed by atoms with van der Waals surface area (Å²) < 4.78 is 40.3. The Balaban J connectivity index is 1.60. The third-order valence-corrected chi connectivity index (χ3v) is 6.33. The van der Waals surface area contributed by atoms with E-state index in [2.05, 4.69) is 29.2 Å². The minimum Gasteiger partial charge on any atom is -0.380 e. The van der Waals surface area contributed by atoms with Gasteiger partial charge in [-0.3, -0.25) is 9.52 Å². The molecule has 0 aromatic heterocycles. The van der Waals surface area contributed by atoms with Gasteiger partial charge in [-0.2, -0.15) is 0 Å². The third-order valence-electron chi connectivity index (χ3n) is 4.94. The van der Waals surface area contributed by atoms with Crippen LogP contribution in [0.2, 0.25) is 0 Å². The summed E-state index contributed by atoms with van der Waals surface area (Å²) in [6, 6.07) is 20.5. The van der Waals surface area contributed by atoms with Crippen molar-refractivity contribution < 1.29 is 17.6 Å². The van der Waals surface area contributed by atoms with Crippen LogP contribution in [0.5, 0.6) is 0 Å². The molecule has 3 rings (SSSR count). The highest BCUT2D eigenvalue weighted by Crippen LogP contribution is 2.17. The maximum Gasteiger partial charge on any atom is 0.261 e. The zero-order valence-electron chi connectivity index (χ0n) is 17.9. The molecule has 0 spiro atoms. The molecule has 8 heteroatoms. The van der Waals surface area contributed by atoms with Crippen LogP contribution in [-0.4, -0.2) is 26.9 Å². The van der Waals surface area contributed by atoms with Crippen LogP contribution in [0.25, 0.3) is 0 Å². The van der Waals surface area contributed by atoms with Crippen LogP contribution in [0.3, 0.4) is 0 Å². The van der Waals surface area contributed by atoms with E-state index in [4.69, 9.17) is 0 Å². The van der Waals surface area contributed by atoms with Gasteiger partial charge in [0.2, 0.25) is 0 Å². The largest absolute Gasteiger partial charge is 0.380 e. The first-order valence-electron chi connectivity index (χ1n) is 10.2. The lowest BCUT2D eigenvalue weighted by atomic mass is 10.0. The van der Waals surface area contributed by atoms with E-state index in [0.29, 0.717) is 23.7 Å². The Kier molecular flexibility index (Phi) is 7.48. The van der Waals surface area contributed by atoms with Crippen molar-refractivity contribution in [2.75, 3.05) is 16.6 Å². The summed E-state index contributed by atoms with van der Waals surface area (Å²) >= 11 is 0. The molecular formula is C24H26FN3O3S. The highest BCUT2D eigenvalue weighted by Gasteiger charge is 2.17. The average Bonchev–Trinajstić information content (AvgIpc) is 2.77. The monoisotopic (exact) mass is 455 g/mol. The van der Waals surface area contributed by atoms with Gasteiger partial charge in [0.1, 0.15) is 5.82 Å². The number of nitrogens with one attached hydrogen (secondary N) is 3. The van der Waals surface area contributed by atoms with Crippen molar-refractivity contribution in [3.8, 4) is 0 Å². The van der Waals surface area contributed by atoms with E-state index < -0.39 is 15.8 Å². The van der Waals surface area contributed by atoms with Crippen molar-refractivity contribution in [3.63, 3.8) is 0 Å². The molecule has 1 amide bonds. The Morgan fingerprint density at radius 2 is 1.50 bits per heavy atom. The number of para-hydroxylation sites is 1. The highest BCUT2D eigenvalue weighted by molar-refractivity contribution is 7.92. The Morgan fingerprint density at radius 1 is 0.875 bits per heavy atom. The molecule has 0 saturated carbocycles. The second-order valence-electron chi connectivity index (χ2n) is 7.71. The number of anilines is 2. The number of sulfonamides is 1. The normalized spacial score (nSPS) is 12.2. The molecule has 3 aromatic carbocycles. The summed E-state index contributed by atoms with van der Waals surface area (Å²) in [5, 5.41) is 6.35. The Labute approximate surface area is 187 Å². The summed E-state index contributed by atoms with van der Waals surface area (Å²) in [7, 11) is -3.85. The quantitative estimate of drug-likeness (QED) is 0.444. The smallest absolute Gasteiger partial charge is 0.261 e. The molecule has 0 fully saturated rings. The molecule has 1 atom stereocenters. The van der Waals surface area contributed by atoms with Gasteiger partial charge in [-0.25, -0.2) is 12.8 Å². The van der Waals surface area contributed by atoms with Gasteiger partial charge in [0.15, 0.2) is 0 Å². The van der Waals surface area contributed by atoms with Gasteiger partial charge in [0.25, 0.3) is 15.9 Å². The van der Waals surface area contributed by atoms with E-state index in [1.807, 2.05) is 30.3 Å². The fourth-order valence-electron chi connectivity index (χ4n) is 3.02. The molecule has 0 radical (unpaired) electrons. The van der Waals surface area contributed by atoms with E-state index in [1.54, 1.807) is 12.1 Å². The summed E-state index contributed by atoms with van der Waals surface area (Å²) in [6.07, 6.45) is 0. The maximum atomic E-state index is 13.0. The van der Waals surface area contributed by atoms with Crippen molar-refractivity contribution in [2.45, 2.75) is 24.8 Å². The second kappa shape index (κ2) is 10.3. The molecule has 0 heterocycles. The second-order valence-corrected chi connectivity index (χ2v) is 9.39. The van der Waals surface area contributed by atoms with Crippen molar-refractivity contribution in [3.05, 3.63) is 90.2 Å². The van der Waals surface area contributed by atoms with Crippen LogP contribution in [0.4, 0.5) is 15.8 Å². The van der Waals surface area contributed by atoms with Gasteiger partial charge in [-0.1, -0.05) is 32.0 Å². The van der Waals surface area contributed by atoms with Gasteiger partial charge in [0, 0.05) is 29.5 Å². The van der Waals surface area contributed by atoms with E-state index in [0.717, 1.165) is 17.8 Å². The summed E-state index contributed by atoms with van der Waals surface area (Å²) in [6.45, 7) is 4.59.